The van der Waals surface area contributed by atoms with Gasteiger partial charge in [0.25, 0.3) is 5.91 Å². The Kier molecular flexibility index (Phi) is 9.28. The molecule has 1 heterocycles. The third-order valence-electron chi connectivity index (χ3n) is 9.43. The number of benzene rings is 2. The van der Waals surface area contributed by atoms with Crippen LogP contribution in [0.1, 0.15) is 54.9 Å². The molecule has 3 aliphatic rings. The minimum atomic E-state index is -4.63. The highest BCUT2D eigenvalue weighted by atomic mass is 35.5. The zero-order chi connectivity index (χ0) is 36.0. The molecule has 266 valence electrons. The molecule has 2 aromatic carbocycles. The predicted octanol–water partition coefficient (Wildman–Crippen LogP) is 4.96. The normalized spacial score (nSPS) is 23.5. The molecule has 13 nitrogen and oxygen atoms in total. The van der Waals surface area contributed by atoms with Crippen LogP contribution in [0.15, 0.2) is 48.5 Å². The number of alkyl halides is 3. The van der Waals surface area contributed by atoms with E-state index < -0.39 is 77.4 Å². The van der Waals surface area contributed by atoms with E-state index in [9.17, 15) is 37.8 Å². The molecule has 0 spiro atoms. The van der Waals surface area contributed by atoms with Crippen molar-refractivity contribution in [2.45, 2.75) is 62.3 Å². The van der Waals surface area contributed by atoms with Gasteiger partial charge in [0, 0.05) is 27.9 Å². The first-order chi connectivity index (χ1) is 23.6. The second-order valence-corrected chi connectivity index (χ2v) is 13.8. The lowest BCUT2D eigenvalue weighted by molar-refractivity contribution is -0.154. The van der Waals surface area contributed by atoms with Gasteiger partial charge in [-0.1, -0.05) is 23.7 Å². The van der Waals surface area contributed by atoms with E-state index >= 15 is 0 Å². The van der Waals surface area contributed by atoms with Crippen LogP contribution in [-0.2, 0) is 15.1 Å². The highest BCUT2D eigenvalue weighted by molar-refractivity contribution is 6.30. The van der Waals surface area contributed by atoms with Gasteiger partial charge in [0.2, 0.25) is 11.9 Å². The standard InChI is InChI=1S/C33H35ClF3N7O6/c1-16(38)14-32(23-12-21(23)26(46)47,24-13-22(24)27(48)49)43-25(45)17-2-8-20(9-3-17)39-28-40-29(42-30(41-28)50-15-33(35,36)37)44-31(10-11-31)18-4-6-19(34)7-5-18/h2-9,16,21-24H,10-15,38H2,1H3,(H,43,45)(H,46,47)(H,48,49)(H2,39,40,41,42,44). The largest absolute Gasteiger partial charge is 0.481 e. The molecule has 3 fully saturated rings. The van der Waals surface area contributed by atoms with E-state index in [-0.39, 0.29) is 23.9 Å². The van der Waals surface area contributed by atoms with Gasteiger partial charge in [-0.25, -0.2) is 0 Å². The van der Waals surface area contributed by atoms with Gasteiger partial charge in [-0.3, -0.25) is 14.4 Å². The number of nitrogens with one attached hydrogen (secondary N) is 3. The summed E-state index contributed by atoms with van der Waals surface area (Å²) in [5.41, 5.74) is 5.95. The van der Waals surface area contributed by atoms with Gasteiger partial charge >= 0.3 is 24.1 Å². The van der Waals surface area contributed by atoms with Crippen molar-refractivity contribution in [1.82, 2.24) is 20.3 Å². The number of halogens is 4. The molecule has 0 saturated heterocycles. The number of aromatic nitrogens is 3. The third-order valence-corrected chi connectivity index (χ3v) is 9.68. The summed E-state index contributed by atoms with van der Waals surface area (Å²) in [5.74, 6) is -5.09. The van der Waals surface area contributed by atoms with E-state index in [0.717, 1.165) is 5.56 Å². The number of anilines is 3. The van der Waals surface area contributed by atoms with Crippen LogP contribution in [0.25, 0.3) is 0 Å². The molecule has 0 bridgehead atoms. The van der Waals surface area contributed by atoms with Crippen LogP contribution in [0.2, 0.25) is 5.02 Å². The fraction of sp³-hybridized carbons (Fsp3) is 0.455. The molecular formula is C33H35ClF3N7O6. The SMILES string of the molecule is CC(N)CC(NC(=O)c1ccc(Nc2nc(NC3(c4ccc(Cl)cc4)CC3)nc(OCC(F)(F)F)n2)cc1)(C1CC1C(=O)O)C1CC1C(=O)O. The summed E-state index contributed by atoms with van der Waals surface area (Å²) in [6, 6.07) is 12.2. The van der Waals surface area contributed by atoms with Gasteiger partial charge in [-0.05, 0) is 92.8 Å². The number of carbonyl (C=O) groups excluding carboxylic acids is 1. The molecule has 17 heteroatoms. The van der Waals surface area contributed by atoms with Crippen molar-refractivity contribution in [3.05, 3.63) is 64.7 Å². The van der Waals surface area contributed by atoms with E-state index in [4.69, 9.17) is 22.1 Å². The van der Waals surface area contributed by atoms with Crippen LogP contribution in [0, 0.1) is 23.7 Å². The molecule has 5 unspecified atom stereocenters. The first-order valence-corrected chi connectivity index (χ1v) is 16.4. The topological polar surface area (TPSA) is 202 Å². The van der Waals surface area contributed by atoms with Gasteiger partial charge in [0.15, 0.2) is 6.61 Å². The number of ether oxygens (including phenoxy) is 1. The van der Waals surface area contributed by atoms with Gasteiger partial charge in [0.1, 0.15) is 0 Å². The lowest BCUT2D eigenvalue weighted by atomic mass is 9.79. The molecule has 0 radical (unpaired) electrons. The smallest absolute Gasteiger partial charge is 0.422 e. The number of carboxylic acids is 2. The Bertz CT molecular complexity index is 1740. The summed E-state index contributed by atoms with van der Waals surface area (Å²) in [6.45, 7) is 0.107. The van der Waals surface area contributed by atoms with E-state index in [1.54, 1.807) is 19.1 Å². The minimum absolute atomic E-state index is 0.0203. The van der Waals surface area contributed by atoms with Crippen molar-refractivity contribution < 1.29 is 42.5 Å². The second kappa shape index (κ2) is 13.2. The van der Waals surface area contributed by atoms with Crippen molar-refractivity contribution >= 4 is 47.0 Å². The van der Waals surface area contributed by atoms with Crippen molar-refractivity contribution in [1.29, 1.82) is 0 Å². The highest BCUT2D eigenvalue weighted by Gasteiger charge is 2.66. The monoisotopic (exact) mass is 717 g/mol. The number of rotatable bonds is 15. The number of nitrogens with two attached hydrogens (primary N) is 1. The van der Waals surface area contributed by atoms with Gasteiger partial charge in [0.05, 0.1) is 17.4 Å². The number of nitrogens with zero attached hydrogens (tertiary/aromatic N) is 3. The zero-order valence-electron chi connectivity index (χ0n) is 26.7. The lowest BCUT2D eigenvalue weighted by Crippen LogP contribution is -2.56. The highest BCUT2D eigenvalue weighted by Crippen LogP contribution is 2.60. The van der Waals surface area contributed by atoms with Gasteiger partial charge in [-0.2, -0.15) is 28.1 Å². The van der Waals surface area contributed by atoms with Crippen LogP contribution in [0.3, 0.4) is 0 Å². The molecule has 7 N–H and O–H groups in total. The number of carboxylic acid groups (broad SMARTS) is 2. The van der Waals surface area contributed by atoms with Crippen molar-refractivity contribution in [3.63, 3.8) is 0 Å². The fourth-order valence-electron chi connectivity index (χ4n) is 6.81. The average molecular weight is 718 g/mol. The maximum absolute atomic E-state index is 13.6. The lowest BCUT2D eigenvalue weighted by Gasteiger charge is -2.38. The molecule has 3 aromatic rings. The zero-order valence-corrected chi connectivity index (χ0v) is 27.5. The van der Waals surface area contributed by atoms with Crippen molar-refractivity contribution in [2.75, 3.05) is 17.2 Å². The predicted molar refractivity (Wildman–Crippen MR) is 174 cm³/mol. The first kappa shape index (κ1) is 35.1. The van der Waals surface area contributed by atoms with E-state index in [0.29, 0.717) is 36.4 Å². The van der Waals surface area contributed by atoms with Crippen LogP contribution in [-0.4, -0.2) is 67.4 Å². The average Bonchev–Trinajstić information content (AvgIpc) is 3.91. The molecule has 1 amide bonds. The molecule has 1 aromatic heterocycles. The van der Waals surface area contributed by atoms with E-state index in [1.165, 1.54) is 24.3 Å². The Labute approximate surface area is 289 Å². The molecule has 50 heavy (non-hydrogen) atoms. The van der Waals surface area contributed by atoms with Crippen molar-refractivity contribution in [2.24, 2.45) is 29.4 Å². The van der Waals surface area contributed by atoms with E-state index in [1.807, 2.05) is 12.1 Å². The first-order valence-electron chi connectivity index (χ1n) is 16.0. The van der Waals surface area contributed by atoms with Crippen LogP contribution in [0.5, 0.6) is 6.01 Å². The Morgan fingerprint density at radius 2 is 1.54 bits per heavy atom. The maximum atomic E-state index is 13.6. The molecule has 3 saturated carbocycles. The summed E-state index contributed by atoms with van der Waals surface area (Å²) in [7, 11) is 0. The summed E-state index contributed by atoms with van der Waals surface area (Å²) in [6.07, 6.45) is -2.40. The number of carbonyl (C=O) groups is 3. The van der Waals surface area contributed by atoms with Gasteiger partial charge < -0.3 is 36.6 Å². The number of amides is 1. The maximum Gasteiger partial charge on any atom is 0.422 e. The fourth-order valence-corrected chi connectivity index (χ4v) is 6.94. The van der Waals surface area contributed by atoms with Crippen LogP contribution < -0.4 is 26.4 Å². The molecule has 3 aliphatic carbocycles. The summed E-state index contributed by atoms with van der Waals surface area (Å²) in [5, 5.41) is 29.0. The Balaban J connectivity index is 1.21. The summed E-state index contributed by atoms with van der Waals surface area (Å²) < 4.78 is 43.7. The number of aliphatic carboxylic acids is 2. The molecule has 0 aliphatic heterocycles. The Morgan fingerprint density at radius 3 is 2.04 bits per heavy atom. The van der Waals surface area contributed by atoms with Crippen LogP contribution >= 0.6 is 11.6 Å². The minimum Gasteiger partial charge on any atom is -0.481 e. The molecule has 5 atom stereocenters. The number of hydrogen-bond donors (Lipinski definition) is 6. The Morgan fingerprint density at radius 1 is 0.960 bits per heavy atom. The summed E-state index contributed by atoms with van der Waals surface area (Å²) in [4.78, 5) is 49.7. The van der Waals surface area contributed by atoms with Gasteiger partial charge in [-0.15, -0.1) is 0 Å². The molecular weight excluding hydrogens is 683 g/mol. The Hall–Kier alpha value is -4.70. The third kappa shape index (κ3) is 7.86. The second-order valence-electron chi connectivity index (χ2n) is 13.3. The summed E-state index contributed by atoms with van der Waals surface area (Å²) >= 11 is 6.03. The van der Waals surface area contributed by atoms with Crippen molar-refractivity contribution in [3.8, 4) is 6.01 Å². The van der Waals surface area contributed by atoms with Crippen LogP contribution in [0.4, 0.5) is 30.8 Å². The molecule has 6 rings (SSSR count). The quantitative estimate of drug-likeness (QED) is 0.124. The van der Waals surface area contributed by atoms with E-state index in [2.05, 4.69) is 30.9 Å². The number of hydrogen-bond acceptors (Lipinski definition) is 10.